The second-order valence-electron chi connectivity index (χ2n) is 4.99. The van der Waals surface area contributed by atoms with Crippen molar-refractivity contribution in [1.82, 2.24) is 4.90 Å². The summed E-state index contributed by atoms with van der Waals surface area (Å²) in [5.41, 5.74) is 0.438. The van der Waals surface area contributed by atoms with Crippen LogP contribution in [0.5, 0.6) is 0 Å². The number of carboxylic acids is 1. The number of carbonyl (C=O) groups is 2. The zero-order chi connectivity index (χ0) is 14.0. The Morgan fingerprint density at radius 1 is 1.42 bits per heavy atom. The summed E-state index contributed by atoms with van der Waals surface area (Å²) in [6.07, 6.45) is 1.33. The number of benzene rings is 1. The van der Waals surface area contributed by atoms with Crippen molar-refractivity contribution in [2.45, 2.75) is 25.8 Å². The lowest BCUT2D eigenvalue weighted by Gasteiger charge is -2.36. The summed E-state index contributed by atoms with van der Waals surface area (Å²) < 4.78 is 0. The molecule has 102 valence electrons. The van der Waals surface area contributed by atoms with Gasteiger partial charge < -0.3 is 10.0 Å². The topological polar surface area (TPSA) is 57.6 Å². The first-order valence-corrected chi connectivity index (χ1v) is 6.66. The molecule has 1 aromatic carbocycles. The molecule has 1 amide bonds. The lowest BCUT2D eigenvalue weighted by Crippen LogP contribution is -2.49. The Morgan fingerprint density at radius 2 is 2.16 bits per heavy atom. The van der Waals surface area contributed by atoms with E-state index < -0.39 is 12.0 Å². The fourth-order valence-electron chi connectivity index (χ4n) is 2.41. The summed E-state index contributed by atoms with van der Waals surface area (Å²) in [4.78, 5) is 25.1. The molecule has 0 spiro atoms. The predicted molar refractivity (Wildman–Crippen MR) is 72.3 cm³/mol. The van der Waals surface area contributed by atoms with Gasteiger partial charge in [0.2, 0.25) is 0 Å². The van der Waals surface area contributed by atoms with Crippen molar-refractivity contribution < 1.29 is 14.7 Å². The molecule has 2 atom stereocenters. The third-order valence-electron chi connectivity index (χ3n) is 3.48. The molecule has 1 saturated heterocycles. The van der Waals surface area contributed by atoms with Gasteiger partial charge in [-0.05, 0) is 37.0 Å². The van der Waals surface area contributed by atoms with Gasteiger partial charge in [-0.1, -0.05) is 24.6 Å². The highest BCUT2D eigenvalue weighted by atomic mass is 35.5. The summed E-state index contributed by atoms with van der Waals surface area (Å²) in [6.45, 7) is 2.49. The number of nitrogens with zero attached hydrogens (tertiary/aromatic N) is 1. The Kier molecular flexibility index (Phi) is 4.10. The highest BCUT2D eigenvalue weighted by molar-refractivity contribution is 6.31. The Balaban J connectivity index is 2.24. The van der Waals surface area contributed by atoms with Crippen LogP contribution in [-0.2, 0) is 4.79 Å². The number of aliphatic carboxylic acids is 1. The molecule has 4 nitrogen and oxygen atoms in total. The van der Waals surface area contributed by atoms with Crippen molar-refractivity contribution in [2.75, 3.05) is 6.54 Å². The van der Waals surface area contributed by atoms with Crippen LogP contribution < -0.4 is 0 Å². The van der Waals surface area contributed by atoms with E-state index in [-0.39, 0.29) is 5.91 Å². The lowest BCUT2D eigenvalue weighted by atomic mass is 9.92. The van der Waals surface area contributed by atoms with Crippen molar-refractivity contribution in [3.8, 4) is 0 Å². The van der Waals surface area contributed by atoms with Crippen molar-refractivity contribution in [1.29, 1.82) is 0 Å². The van der Waals surface area contributed by atoms with Crippen molar-refractivity contribution in [3.63, 3.8) is 0 Å². The number of hydrogen-bond acceptors (Lipinski definition) is 2. The van der Waals surface area contributed by atoms with Crippen LogP contribution >= 0.6 is 11.6 Å². The van der Waals surface area contributed by atoms with Gasteiger partial charge in [-0.3, -0.25) is 4.79 Å². The van der Waals surface area contributed by atoms with E-state index in [1.165, 1.54) is 4.90 Å². The van der Waals surface area contributed by atoms with Crippen molar-refractivity contribution >= 4 is 23.5 Å². The van der Waals surface area contributed by atoms with Crippen LogP contribution in [0.2, 0.25) is 5.02 Å². The molecule has 0 bridgehead atoms. The number of likely N-dealkylation sites (tertiary alicyclic amines) is 1. The van der Waals surface area contributed by atoms with Gasteiger partial charge in [0.05, 0.1) is 0 Å². The van der Waals surface area contributed by atoms with Gasteiger partial charge in [0.25, 0.3) is 5.91 Å². The average Bonchev–Trinajstić information content (AvgIpc) is 2.37. The first-order valence-electron chi connectivity index (χ1n) is 6.28. The molecule has 2 unspecified atom stereocenters. The second kappa shape index (κ2) is 5.61. The monoisotopic (exact) mass is 281 g/mol. The van der Waals surface area contributed by atoms with E-state index >= 15 is 0 Å². The Bertz CT molecular complexity index is 503. The first kappa shape index (κ1) is 13.9. The smallest absolute Gasteiger partial charge is 0.326 e. The highest BCUT2D eigenvalue weighted by Crippen LogP contribution is 2.25. The van der Waals surface area contributed by atoms with Gasteiger partial charge in [-0.15, -0.1) is 0 Å². The zero-order valence-corrected chi connectivity index (χ0v) is 11.4. The maximum absolute atomic E-state index is 12.4. The molecular formula is C14H16ClNO3. The predicted octanol–water partition coefficient (Wildman–Crippen LogP) is 2.67. The summed E-state index contributed by atoms with van der Waals surface area (Å²) in [5.74, 6) is -0.881. The highest BCUT2D eigenvalue weighted by Gasteiger charge is 2.35. The van der Waals surface area contributed by atoms with Crippen molar-refractivity contribution in [3.05, 3.63) is 34.9 Å². The van der Waals surface area contributed by atoms with E-state index in [0.717, 1.165) is 6.42 Å². The van der Waals surface area contributed by atoms with Crippen LogP contribution in [0, 0.1) is 5.92 Å². The molecule has 1 fully saturated rings. The molecule has 1 N–H and O–H groups in total. The average molecular weight is 282 g/mol. The van der Waals surface area contributed by atoms with E-state index in [2.05, 4.69) is 0 Å². The van der Waals surface area contributed by atoms with E-state index in [0.29, 0.717) is 29.5 Å². The number of hydrogen-bond donors (Lipinski definition) is 1. The molecule has 0 aliphatic carbocycles. The van der Waals surface area contributed by atoms with E-state index in [9.17, 15) is 14.7 Å². The Morgan fingerprint density at radius 3 is 2.79 bits per heavy atom. The minimum absolute atomic E-state index is 0.262. The van der Waals surface area contributed by atoms with Gasteiger partial charge in [0.1, 0.15) is 6.04 Å². The Hall–Kier alpha value is -1.55. The van der Waals surface area contributed by atoms with Gasteiger partial charge in [0, 0.05) is 17.1 Å². The van der Waals surface area contributed by atoms with Crippen LogP contribution in [0.3, 0.4) is 0 Å². The molecule has 0 aromatic heterocycles. The van der Waals surface area contributed by atoms with Gasteiger partial charge >= 0.3 is 5.97 Å². The maximum Gasteiger partial charge on any atom is 0.326 e. The summed E-state index contributed by atoms with van der Waals surface area (Å²) >= 11 is 5.86. The van der Waals surface area contributed by atoms with E-state index in [4.69, 9.17) is 11.6 Å². The van der Waals surface area contributed by atoms with Crippen LogP contribution in [0.1, 0.15) is 30.1 Å². The largest absolute Gasteiger partial charge is 0.480 e. The van der Waals surface area contributed by atoms with Crippen LogP contribution in [-0.4, -0.2) is 34.5 Å². The fourth-order valence-corrected chi connectivity index (χ4v) is 2.60. The second-order valence-corrected chi connectivity index (χ2v) is 5.43. The molecule has 1 aliphatic rings. The molecule has 0 saturated carbocycles. The lowest BCUT2D eigenvalue weighted by molar-refractivity contribution is -0.144. The van der Waals surface area contributed by atoms with E-state index in [1.54, 1.807) is 24.3 Å². The number of carbonyl (C=O) groups excluding carboxylic acids is 1. The minimum Gasteiger partial charge on any atom is -0.480 e. The van der Waals surface area contributed by atoms with Crippen LogP contribution in [0.15, 0.2) is 24.3 Å². The molecular weight excluding hydrogens is 266 g/mol. The van der Waals surface area contributed by atoms with Crippen LogP contribution in [0.25, 0.3) is 0 Å². The molecule has 1 heterocycles. The number of piperidine rings is 1. The number of halogens is 1. The fraction of sp³-hybridized carbons (Fsp3) is 0.429. The molecule has 5 heteroatoms. The maximum atomic E-state index is 12.4. The Labute approximate surface area is 117 Å². The van der Waals surface area contributed by atoms with Gasteiger partial charge in [-0.25, -0.2) is 4.79 Å². The molecule has 19 heavy (non-hydrogen) atoms. The summed E-state index contributed by atoms with van der Waals surface area (Å²) in [5, 5.41) is 9.73. The third kappa shape index (κ3) is 3.07. The molecule has 2 rings (SSSR count). The van der Waals surface area contributed by atoms with Crippen molar-refractivity contribution in [2.24, 2.45) is 5.92 Å². The molecule has 0 radical (unpaired) electrons. The number of carboxylic acid groups (broad SMARTS) is 1. The number of rotatable bonds is 2. The molecule has 1 aliphatic heterocycles. The van der Waals surface area contributed by atoms with Gasteiger partial charge in [-0.2, -0.15) is 0 Å². The zero-order valence-electron chi connectivity index (χ0n) is 10.7. The minimum atomic E-state index is -0.943. The SMILES string of the molecule is CC1CCN(C(=O)c2cccc(Cl)c2)C(C(=O)O)C1. The van der Waals surface area contributed by atoms with Crippen LogP contribution in [0.4, 0.5) is 0 Å². The quantitative estimate of drug-likeness (QED) is 0.907. The first-order chi connectivity index (χ1) is 8.99. The summed E-state index contributed by atoms with van der Waals surface area (Å²) in [6, 6.07) is 5.87. The molecule has 1 aromatic rings. The normalized spacial score (nSPS) is 23.2. The summed E-state index contributed by atoms with van der Waals surface area (Å²) in [7, 11) is 0. The number of amides is 1. The standard InChI is InChI=1S/C14H16ClNO3/c1-9-5-6-16(12(7-9)14(18)19)13(17)10-3-2-4-11(15)8-10/h2-4,8-9,12H,5-7H2,1H3,(H,18,19). The van der Waals surface area contributed by atoms with E-state index in [1.807, 2.05) is 6.92 Å². The van der Waals surface area contributed by atoms with Gasteiger partial charge in [0.15, 0.2) is 0 Å². The third-order valence-corrected chi connectivity index (χ3v) is 3.72.